The molecule has 35 heavy (non-hydrogen) atoms. The van der Waals surface area contributed by atoms with Gasteiger partial charge in [-0.15, -0.1) is 10.2 Å². The minimum atomic E-state index is -0.499. The Hall–Kier alpha value is -3.73. The van der Waals surface area contributed by atoms with Crippen LogP contribution < -0.4 is 5.32 Å². The first-order valence-electron chi connectivity index (χ1n) is 11.2. The van der Waals surface area contributed by atoms with E-state index in [9.17, 15) is 19.7 Å². The number of rotatable bonds is 7. The summed E-state index contributed by atoms with van der Waals surface area (Å²) in [6, 6.07) is 11.7. The van der Waals surface area contributed by atoms with Gasteiger partial charge in [0.2, 0.25) is 5.91 Å². The number of anilines is 1. The summed E-state index contributed by atoms with van der Waals surface area (Å²) < 4.78 is 1.82. The van der Waals surface area contributed by atoms with Crippen LogP contribution in [0.1, 0.15) is 46.2 Å². The van der Waals surface area contributed by atoms with Gasteiger partial charge in [0.25, 0.3) is 11.6 Å². The topological polar surface area (TPSA) is 123 Å². The third-order valence-corrected chi connectivity index (χ3v) is 7.04. The number of nitro benzene ring substituents is 1. The number of carbonyl (C=O) groups excluding carboxylic acids is 2. The molecule has 1 unspecified atom stereocenters. The maximum Gasteiger partial charge on any atom is 0.271 e. The molecule has 1 aliphatic heterocycles. The van der Waals surface area contributed by atoms with Crippen LogP contribution in [0.25, 0.3) is 0 Å². The minimum absolute atomic E-state index is 0.0311. The highest BCUT2D eigenvalue weighted by Crippen LogP contribution is 2.33. The van der Waals surface area contributed by atoms with Crippen molar-refractivity contribution in [1.82, 2.24) is 19.7 Å². The Morgan fingerprint density at radius 2 is 1.91 bits per heavy atom. The van der Waals surface area contributed by atoms with Crippen LogP contribution in [-0.2, 0) is 11.8 Å². The number of nitrogens with zero attached hydrogens (tertiary/aromatic N) is 5. The molecule has 0 aliphatic carbocycles. The van der Waals surface area contributed by atoms with E-state index in [1.54, 1.807) is 13.0 Å². The Balaban J connectivity index is 1.42. The van der Waals surface area contributed by atoms with Crippen LogP contribution in [0.4, 0.5) is 11.4 Å². The Labute approximate surface area is 206 Å². The Kier molecular flexibility index (Phi) is 7.15. The predicted molar refractivity (Wildman–Crippen MR) is 132 cm³/mol. The van der Waals surface area contributed by atoms with E-state index >= 15 is 0 Å². The van der Waals surface area contributed by atoms with Gasteiger partial charge in [0.05, 0.1) is 22.4 Å². The number of hydrogen-bond acceptors (Lipinski definition) is 7. The molecule has 0 bridgehead atoms. The van der Waals surface area contributed by atoms with Gasteiger partial charge in [-0.25, -0.2) is 0 Å². The van der Waals surface area contributed by atoms with Crippen LogP contribution in [0.5, 0.6) is 0 Å². The number of amides is 2. The quantitative estimate of drug-likeness (QED) is 0.299. The average molecular weight is 495 g/mol. The Morgan fingerprint density at radius 1 is 1.17 bits per heavy atom. The van der Waals surface area contributed by atoms with E-state index in [4.69, 9.17) is 0 Å². The molecule has 3 aromatic rings. The third kappa shape index (κ3) is 5.35. The molecule has 2 aromatic carbocycles. The number of nitrogens with one attached hydrogen (secondary N) is 1. The van der Waals surface area contributed by atoms with Crippen LogP contribution >= 0.6 is 11.8 Å². The van der Waals surface area contributed by atoms with Crippen molar-refractivity contribution in [3.63, 3.8) is 0 Å². The monoisotopic (exact) mass is 494 g/mol. The highest BCUT2D eigenvalue weighted by molar-refractivity contribution is 7.99. The predicted octanol–water partition coefficient (Wildman–Crippen LogP) is 4.05. The molecule has 4 rings (SSSR count). The molecule has 1 fully saturated rings. The van der Waals surface area contributed by atoms with E-state index in [1.165, 1.54) is 23.9 Å². The first-order chi connectivity index (χ1) is 16.7. The van der Waals surface area contributed by atoms with E-state index in [1.807, 2.05) is 47.7 Å². The number of aromatic nitrogens is 3. The number of likely N-dealkylation sites (tertiary alicyclic amines) is 1. The summed E-state index contributed by atoms with van der Waals surface area (Å²) in [5, 5.41) is 22.9. The van der Waals surface area contributed by atoms with Crippen molar-refractivity contribution in [2.75, 3.05) is 17.6 Å². The Morgan fingerprint density at radius 3 is 2.63 bits per heavy atom. The molecule has 11 heteroatoms. The van der Waals surface area contributed by atoms with Crippen molar-refractivity contribution < 1.29 is 14.5 Å². The second-order valence-electron chi connectivity index (χ2n) is 8.52. The lowest BCUT2D eigenvalue weighted by molar-refractivity contribution is -0.384. The molecular weight excluding hydrogens is 468 g/mol. The maximum atomic E-state index is 13.1. The van der Waals surface area contributed by atoms with Crippen molar-refractivity contribution in [3.8, 4) is 0 Å². The molecule has 1 atom stereocenters. The molecule has 1 aromatic heterocycles. The van der Waals surface area contributed by atoms with Crippen molar-refractivity contribution in [3.05, 3.63) is 75.1 Å². The standard InChI is InChI=1S/C24H26N6O4S/c1-15-6-9-17(10-7-15)23(32)29-12-4-5-20(29)22-26-27-24(28(22)3)35-14-21(31)25-19-13-18(30(33)34)11-8-16(19)2/h6-11,13,20H,4-5,12,14H2,1-3H3,(H,25,31). The largest absolute Gasteiger partial charge is 0.328 e. The number of hydrogen-bond donors (Lipinski definition) is 1. The first-order valence-corrected chi connectivity index (χ1v) is 12.2. The summed E-state index contributed by atoms with van der Waals surface area (Å²) in [6.07, 6.45) is 1.67. The highest BCUT2D eigenvalue weighted by atomic mass is 32.2. The zero-order chi connectivity index (χ0) is 25.1. The van der Waals surface area contributed by atoms with Crippen molar-refractivity contribution in [2.45, 2.75) is 37.9 Å². The first kappa shape index (κ1) is 24.4. The minimum Gasteiger partial charge on any atom is -0.328 e. The second-order valence-corrected chi connectivity index (χ2v) is 9.46. The number of carbonyl (C=O) groups is 2. The summed E-state index contributed by atoms with van der Waals surface area (Å²) in [4.78, 5) is 38.0. The lowest BCUT2D eigenvalue weighted by Gasteiger charge is -2.24. The van der Waals surface area contributed by atoms with Crippen LogP contribution in [-0.4, -0.2) is 48.7 Å². The van der Waals surface area contributed by atoms with E-state index in [0.29, 0.717) is 28.8 Å². The molecule has 1 saturated heterocycles. The number of benzene rings is 2. The van der Waals surface area contributed by atoms with Crippen LogP contribution in [0.3, 0.4) is 0 Å². The number of thioether (sulfide) groups is 1. The molecule has 0 spiro atoms. The molecule has 182 valence electrons. The molecule has 1 aliphatic rings. The van der Waals surface area contributed by atoms with Gasteiger partial charge in [0.1, 0.15) is 0 Å². The number of nitro groups is 1. The van der Waals surface area contributed by atoms with Gasteiger partial charge in [0.15, 0.2) is 11.0 Å². The molecule has 2 heterocycles. The fraction of sp³-hybridized carbons (Fsp3) is 0.333. The van der Waals surface area contributed by atoms with E-state index in [-0.39, 0.29) is 29.3 Å². The molecular formula is C24H26N6O4S. The summed E-state index contributed by atoms with van der Waals surface area (Å²) >= 11 is 1.22. The van der Waals surface area contributed by atoms with Gasteiger partial charge < -0.3 is 14.8 Å². The van der Waals surface area contributed by atoms with E-state index in [0.717, 1.165) is 24.0 Å². The zero-order valence-electron chi connectivity index (χ0n) is 19.7. The van der Waals surface area contributed by atoms with Gasteiger partial charge in [-0.05, 0) is 44.4 Å². The van der Waals surface area contributed by atoms with Crippen molar-refractivity contribution in [1.29, 1.82) is 0 Å². The summed E-state index contributed by atoms with van der Waals surface area (Å²) in [5.74, 6) is 0.405. The Bertz CT molecular complexity index is 1270. The fourth-order valence-corrected chi connectivity index (χ4v) is 4.77. The van der Waals surface area contributed by atoms with Crippen LogP contribution in [0.15, 0.2) is 47.6 Å². The fourth-order valence-electron chi connectivity index (χ4n) is 4.06. The average Bonchev–Trinajstić information content (AvgIpc) is 3.45. The van der Waals surface area contributed by atoms with Gasteiger partial charge >= 0.3 is 0 Å². The van der Waals surface area contributed by atoms with Gasteiger partial charge in [-0.3, -0.25) is 19.7 Å². The molecule has 10 nitrogen and oxygen atoms in total. The van der Waals surface area contributed by atoms with Gasteiger partial charge in [-0.2, -0.15) is 0 Å². The smallest absolute Gasteiger partial charge is 0.271 e. The van der Waals surface area contributed by atoms with Gasteiger partial charge in [0, 0.05) is 31.3 Å². The summed E-state index contributed by atoms with van der Waals surface area (Å²) in [7, 11) is 1.83. The van der Waals surface area contributed by atoms with E-state index in [2.05, 4.69) is 15.5 Å². The molecule has 0 saturated carbocycles. The van der Waals surface area contributed by atoms with Gasteiger partial charge in [-0.1, -0.05) is 35.5 Å². The lowest BCUT2D eigenvalue weighted by atomic mass is 10.1. The van der Waals surface area contributed by atoms with E-state index < -0.39 is 4.92 Å². The highest BCUT2D eigenvalue weighted by Gasteiger charge is 2.34. The third-order valence-electron chi connectivity index (χ3n) is 6.02. The SMILES string of the molecule is Cc1ccc(C(=O)N2CCCC2c2nnc(SCC(=O)Nc3cc([N+](=O)[O-])ccc3C)n2C)cc1. The number of aryl methyl sites for hydroxylation is 2. The lowest BCUT2D eigenvalue weighted by Crippen LogP contribution is -2.31. The number of non-ortho nitro benzene ring substituents is 1. The molecule has 2 amide bonds. The maximum absolute atomic E-state index is 13.1. The zero-order valence-corrected chi connectivity index (χ0v) is 20.5. The van der Waals surface area contributed by atoms with Crippen LogP contribution in [0, 0.1) is 24.0 Å². The van der Waals surface area contributed by atoms with Crippen molar-refractivity contribution >= 4 is 35.0 Å². The molecule has 1 N–H and O–H groups in total. The molecule has 0 radical (unpaired) electrons. The summed E-state index contributed by atoms with van der Waals surface area (Å²) in [5.41, 5.74) is 2.79. The summed E-state index contributed by atoms with van der Waals surface area (Å²) in [6.45, 7) is 4.40. The second kappa shape index (κ2) is 10.3. The van der Waals surface area contributed by atoms with Crippen LogP contribution in [0.2, 0.25) is 0 Å². The van der Waals surface area contributed by atoms with Crippen molar-refractivity contribution in [2.24, 2.45) is 7.05 Å². The normalized spacial score (nSPS) is 15.3.